The summed E-state index contributed by atoms with van der Waals surface area (Å²) in [4.78, 5) is 27.0. The first-order valence-corrected chi connectivity index (χ1v) is 7.42. The molecule has 0 saturated carbocycles. The Kier molecular flexibility index (Phi) is 4.29. The molecular weight excluding hydrogens is 344 g/mol. The fraction of sp³-hybridized carbons (Fsp3) is 0. The maximum absolute atomic E-state index is 12.4. The number of carbonyl (C=O) groups is 1. The number of nitriles is 1. The molecule has 3 aromatic rings. The highest BCUT2D eigenvalue weighted by Crippen LogP contribution is 2.34. The summed E-state index contributed by atoms with van der Waals surface area (Å²) in [7, 11) is 0. The monoisotopic (exact) mass is 352 g/mol. The predicted octanol–water partition coefficient (Wildman–Crippen LogP) is 3.92. The minimum absolute atomic E-state index is 0.0592. The quantitative estimate of drug-likeness (QED) is 0.567. The molecule has 1 amide bonds. The van der Waals surface area contributed by atoms with Crippen molar-refractivity contribution in [2.75, 3.05) is 5.32 Å². The third-order valence-electron chi connectivity index (χ3n) is 3.52. The summed E-state index contributed by atoms with van der Waals surface area (Å²) in [6.45, 7) is 0. The van der Waals surface area contributed by atoms with Gasteiger partial charge >= 0.3 is 0 Å². The maximum Gasteiger partial charge on any atom is 0.271 e. The third kappa shape index (κ3) is 3.11. The lowest BCUT2D eigenvalue weighted by molar-refractivity contribution is -0.384. The van der Waals surface area contributed by atoms with Gasteiger partial charge in [-0.15, -0.1) is 0 Å². The topological polar surface area (TPSA) is 109 Å². The summed E-state index contributed by atoms with van der Waals surface area (Å²) < 4.78 is 0. The highest BCUT2D eigenvalue weighted by atomic mass is 35.5. The minimum Gasteiger partial charge on any atom is -0.320 e. The van der Waals surface area contributed by atoms with E-state index >= 15 is 0 Å². The fourth-order valence-electron chi connectivity index (χ4n) is 2.35. The highest BCUT2D eigenvalue weighted by Gasteiger charge is 2.18. The normalized spacial score (nSPS) is 10.2. The largest absolute Gasteiger partial charge is 0.320 e. The lowest BCUT2D eigenvalue weighted by Gasteiger charge is -2.11. The van der Waals surface area contributed by atoms with Crippen molar-refractivity contribution in [3.8, 4) is 6.07 Å². The molecule has 8 heteroatoms. The maximum atomic E-state index is 12.4. The summed E-state index contributed by atoms with van der Waals surface area (Å²) in [5.74, 6) is -0.452. The van der Waals surface area contributed by atoms with Crippen molar-refractivity contribution in [3.05, 3.63) is 74.9 Å². The molecule has 7 nitrogen and oxygen atoms in total. The molecule has 1 N–H and O–H groups in total. The number of nitro groups is 1. The number of rotatable bonds is 3. The van der Waals surface area contributed by atoms with Crippen LogP contribution in [0, 0.1) is 21.4 Å². The van der Waals surface area contributed by atoms with E-state index in [2.05, 4.69) is 10.3 Å². The second-order valence-electron chi connectivity index (χ2n) is 5.06. The van der Waals surface area contributed by atoms with Gasteiger partial charge in [-0.3, -0.25) is 19.9 Å². The Morgan fingerprint density at radius 2 is 2.00 bits per heavy atom. The fourth-order valence-corrected chi connectivity index (χ4v) is 2.61. The molecule has 0 unspecified atom stereocenters. The molecule has 0 aliphatic carbocycles. The van der Waals surface area contributed by atoms with Crippen LogP contribution in [0.3, 0.4) is 0 Å². The number of halogens is 1. The predicted molar refractivity (Wildman–Crippen MR) is 92.5 cm³/mol. The van der Waals surface area contributed by atoms with Gasteiger partial charge in [-0.2, -0.15) is 5.26 Å². The van der Waals surface area contributed by atoms with E-state index < -0.39 is 10.8 Å². The lowest BCUT2D eigenvalue weighted by atomic mass is 10.1. The van der Waals surface area contributed by atoms with Crippen molar-refractivity contribution < 1.29 is 9.72 Å². The van der Waals surface area contributed by atoms with Crippen LogP contribution in [0.2, 0.25) is 5.02 Å². The van der Waals surface area contributed by atoms with Gasteiger partial charge < -0.3 is 5.32 Å². The zero-order valence-electron chi connectivity index (χ0n) is 12.6. The van der Waals surface area contributed by atoms with Gasteiger partial charge in [0.1, 0.15) is 6.07 Å². The first-order chi connectivity index (χ1) is 12.0. The number of carbonyl (C=O) groups excluding carboxylic acids is 1. The van der Waals surface area contributed by atoms with E-state index in [1.54, 1.807) is 30.3 Å². The molecule has 1 aromatic heterocycles. The first-order valence-electron chi connectivity index (χ1n) is 7.04. The van der Waals surface area contributed by atoms with Crippen molar-refractivity contribution in [2.45, 2.75) is 0 Å². The summed E-state index contributed by atoms with van der Waals surface area (Å²) >= 11 is 6.06. The van der Waals surface area contributed by atoms with E-state index in [1.165, 1.54) is 18.3 Å². The Hall–Kier alpha value is -3.50. The van der Waals surface area contributed by atoms with Crippen molar-refractivity contribution >= 4 is 39.8 Å². The summed E-state index contributed by atoms with van der Waals surface area (Å²) in [5.41, 5.74) is 0.590. The Labute approximate surface area is 146 Å². The smallest absolute Gasteiger partial charge is 0.271 e. The van der Waals surface area contributed by atoms with E-state index in [1.807, 2.05) is 6.07 Å². The molecular formula is C17H9ClN4O3. The molecule has 0 atom stereocenters. The zero-order chi connectivity index (χ0) is 18.0. The summed E-state index contributed by atoms with van der Waals surface area (Å²) in [6, 6.07) is 12.7. The second kappa shape index (κ2) is 6.55. The molecule has 0 aliphatic heterocycles. The number of nitrogens with one attached hydrogen (secondary N) is 1. The molecule has 2 aromatic carbocycles. The standard InChI is InChI=1S/C17H9ClN4O3/c18-14-7-12(22(24)25)6-13-15(11(8-19)9-20-16(13)14)21-17(23)10-4-2-1-3-5-10/h1-7,9H,(H,20,21,23). The van der Waals surface area contributed by atoms with Gasteiger partial charge in [0.25, 0.3) is 11.6 Å². The van der Waals surface area contributed by atoms with Crippen LogP contribution in [0.25, 0.3) is 10.9 Å². The van der Waals surface area contributed by atoms with Crippen molar-refractivity contribution in [1.29, 1.82) is 5.26 Å². The van der Waals surface area contributed by atoms with Crippen LogP contribution in [0.15, 0.2) is 48.7 Å². The number of hydrogen-bond acceptors (Lipinski definition) is 5. The average Bonchev–Trinajstić information content (AvgIpc) is 2.62. The lowest BCUT2D eigenvalue weighted by Crippen LogP contribution is -2.13. The van der Waals surface area contributed by atoms with Crippen LogP contribution in [0.1, 0.15) is 15.9 Å². The third-order valence-corrected chi connectivity index (χ3v) is 3.80. The Balaban J connectivity index is 2.19. The number of anilines is 1. The number of aromatic nitrogens is 1. The molecule has 0 aliphatic rings. The van der Waals surface area contributed by atoms with Crippen LogP contribution < -0.4 is 5.32 Å². The number of hydrogen-bond donors (Lipinski definition) is 1. The minimum atomic E-state index is -0.604. The van der Waals surface area contributed by atoms with E-state index in [0.717, 1.165) is 0 Å². The second-order valence-corrected chi connectivity index (χ2v) is 5.47. The molecule has 0 bridgehead atoms. The van der Waals surface area contributed by atoms with Crippen molar-refractivity contribution in [1.82, 2.24) is 4.98 Å². The number of pyridine rings is 1. The van der Waals surface area contributed by atoms with Gasteiger partial charge in [0.05, 0.1) is 26.7 Å². The zero-order valence-corrected chi connectivity index (χ0v) is 13.3. The summed E-state index contributed by atoms with van der Waals surface area (Å²) in [5, 5.41) is 23.3. The SMILES string of the molecule is N#Cc1cnc2c(Cl)cc([N+](=O)[O-])cc2c1NC(=O)c1ccccc1. The van der Waals surface area contributed by atoms with Gasteiger partial charge in [-0.25, -0.2) is 0 Å². The van der Waals surface area contributed by atoms with Crippen LogP contribution in [-0.4, -0.2) is 15.8 Å². The van der Waals surface area contributed by atoms with Gasteiger partial charge in [-0.05, 0) is 12.1 Å². The summed E-state index contributed by atoms with van der Waals surface area (Å²) in [6.07, 6.45) is 1.26. The number of fused-ring (bicyclic) bond motifs is 1. The molecule has 25 heavy (non-hydrogen) atoms. The number of nitrogens with zero attached hydrogens (tertiary/aromatic N) is 3. The van der Waals surface area contributed by atoms with E-state index in [-0.39, 0.29) is 32.9 Å². The molecule has 0 saturated heterocycles. The average molecular weight is 353 g/mol. The van der Waals surface area contributed by atoms with Crippen LogP contribution in [0.4, 0.5) is 11.4 Å². The molecule has 0 fully saturated rings. The Morgan fingerprint density at radius 1 is 1.28 bits per heavy atom. The van der Waals surface area contributed by atoms with Crippen LogP contribution >= 0.6 is 11.6 Å². The Morgan fingerprint density at radius 3 is 2.64 bits per heavy atom. The number of amides is 1. The molecule has 1 heterocycles. The molecule has 3 rings (SSSR count). The number of benzene rings is 2. The van der Waals surface area contributed by atoms with Gasteiger partial charge in [0, 0.05) is 29.3 Å². The van der Waals surface area contributed by atoms with Gasteiger partial charge in [0.15, 0.2) is 0 Å². The van der Waals surface area contributed by atoms with E-state index in [9.17, 15) is 20.2 Å². The van der Waals surface area contributed by atoms with Crippen LogP contribution in [-0.2, 0) is 0 Å². The molecule has 122 valence electrons. The number of non-ortho nitro benzene ring substituents is 1. The molecule has 0 radical (unpaired) electrons. The van der Waals surface area contributed by atoms with E-state index in [4.69, 9.17) is 11.6 Å². The van der Waals surface area contributed by atoms with Crippen molar-refractivity contribution in [3.63, 3.8) is 0 Å². The highest BCUT2D eigenvalue weighted by molar-refractivity contribution is 6.36. The van der Waals surface area contributed by atoms with Gasteiger partial charge in [-0.1, -0.05) is 29.8 Å². The molecule has 0 spiro atoms. The van der Waals surface area contributed by atoms with Gasteiger partial charge in [0.2, 0.25) is 0 Å². The number of nitro benzene ring substituents is 1. The van der Waals surface area contributed by atoms with E-state index in [0.29, 0.717) is 5.56 Å². The van der Waals surface area contributed by atoms with Crippen LogP contribution in [0.5, 0.6) is 0 Å². The first kappa shape index (κ1) is 16.4. The Bertz CT molecular complexity index is 1050. The van der Waals surface area contributed by atoms with Crippen molar-refractivity contribution in [2.24, 2.45) is 0 Å².